The molecule has 6 heteroatoms. The first-order valence-electron chi connectivity index (χ1n) is 7.83. The first-order valence-corrected chi connectivity index (χ1v) is 7.83. The monoisotopic (exact) mass is 298 g/mol. The molecule has 1 saturated heterocycles. The Balaban J connectivity index is 2.02. The fraction of sp³-hybridized carbons (Fsp3) is 0.500. The fourth-order valence-electron chi connectivity index (χ4n) is 2.90. The number of anilines is 1. The molecule has 0 bridgehead atoms. The SMILES string of the molecule is CCc1c(C)nc(-c2cnccn2)nc1N1CCC(N)CC1. The van der Waals surface area contributed by atoms with Crippen LogP contribution in [-0.4, -0.2) is 39.1 Å². The van der Waals surface area contributed by atoms with E-state index in [0.717, 1.165) is 43.9 Å². The summed E-state index contributed by atoms with van der Waals surface area (Å²) in [7, 11) is 0. The Hall–Kier alpha value is -2.08. The Kier molecular flexibility index (Phi) is 4.29. The van der Waals surface area contributed by atoms with Crippen LogP contribution in [0.4, 0.5) is 5.82 Å². The van der Waals surface area contributed by atoms with E-state index in [1.165, 1.54) is 5.56 Å². The Morgan fingerprint density at radius 1 is 1.23 bits per heavy atom. The number of hydrogen-bond donors (Lipinski definition) is 1. The third kappa shape index (κ3) is 2.92. The smallest absolute Gasteiger partial charge is 0.182 e. The Bertz CT molecular complexity index is 635. The lowest BCUT2D eigenvalue weighted by Gasteiger charge is -2.32. The van der Waals surface area contributed by atoms with Gasteiger partial charge in [-0.05, 0) is 26.2 Å². The van der Waals surface area contributed by atoms with Crippen molar-refractivity contribution in [1.29, 1.82) is 0 Å². The molecule has 6 nitrogen and oxygen atoms in total. The van der Waals surface area contributed by atoms with Crippen LogP contribution < -0.4 is 10.6 Å². The molecule has 22 heavy (non-hydrogen) atoms. The second-order valence-electron chi connectivity index (χ2n) is 5.70. The molecular formula is C16H22N6. The largest absolute Gasteiger partial charge is 0.356 e. The molecule has 116 valence electrons. The minimum absolute atomic E-state index is 0.309. The van der Waals surface area contributed by atoms with E-state index >= 15 is 0 Å². The van der Waals surface area contributed by atoms with Crippen LogP contribution in [-0.2, 0) is 6.42 Å². The maximum atomic E-state index is 6.02. The quantitative estimate of drug-likeness (QED) is 0.929. The number of aromatic nitrogens is 4. The van der Waals surface area contributed by atoms with Crippen LogP contribution in [0.2, 0.25) is 0 Å². The van der Waals surface area contributed by atoms with Crippen LogP contribution in [0.1, 0.15) is 31.0 Å². The van der Waals surface area contributed by atoms with Crippen molar-refractivity contribution in [3.05, 3.63) is 29.8 Å². The van der Waals surface area contributed by atoms with Crippen molar-refractivity contribution in [2.24, 2.45) is 5.73 Å². The number of aryl methyl sites for hydroxylation is 1. The normalized spacial score (nSPS) is 16.0. The van der Waals surface area contributed by atoms with Crippen LogP contribution in [0, 0.1) is 6.92 Å². The molecule has 2 N–H and O–H groups in total. The van der Waals surface area contributed by atoms with E-state index < -0.39 is 0 Å². The van der Waals surface area contributed by atoms with Crippen molar-refractivity contribution in [3.8, 4) is 11.5 Å². The van der Waals surface area contributed by atoms with E-state index in [4.69, 9.17) is 10.7 Å². The number of piperidine rings is 1. The van der Waals surface area contributed by atoms with Crippen LogP contribution >= 0.6 is 0 Å². The molecule has 0 radical (unpaired) electrons. The van der Waals surface area contributed by atoms with Gasteiger partial charge in [-0.15, -0.1) is 0 Å². The van der Waals surface area contributed by atoms with Gasteiger partial charge in [0.15, 0.2) is 5.82 Å². The van der Waals surface area contributed by atoms with Crippen molar-refractivity contribution in [2.75, 3.05) is 18.0 Å². The van der Waals surface area contributed by atoms with Gasteiger partial charge in [-0.2, -0.15) is 0 Å². The average Bonchev–Trinajstić information content (AvgIpc) is 2.55. The van der Waals surface area contributed by atoms with Crippen LogP contribution in [0.3, 0.4) is 0 Å². The van der Waals surface area contributed by atoms with E-state index in [-0.39, 0.29) is 0 Å². The molecule has 0 spiro atoms. The molecule has 1 aliphatic heterocycles. The summed E-state index contributed by atoms with van der Waals surface area (Å²) in [5, 5.41) is 0. The van der Waals surface area contributed by atoms with Crippen molar-refractivity contribution < 1.29 is 0 Å². The molecular weight excluding hydrogens is 276 g/mol. The molecule has 0 unspecified atom stereocenters. The Morgan fingerprint density at radius 3 is 2.64 bits per heavy atom. The van der Waals surface area contributed by atoms with Crippen molar-refractivity contribution in [3.63, 3.8) is 0 Å². The standard InChI is InChI=1S/C16H22N6/c1-3-13-11(2)20-15(14-10-18-6-7-19-14)21-16(13)22-8-4-12(17)5-9-22/h6-7,10,12H,3-5,8-9,17H2,1-2H3. The second kappa shape index (κ2) is 6.36. The van der Waals surface area contributed by atoms with Crippen molar-refractivity contribution in [2.45, 2.75) is 39.2 Å². The molecule has 0 aromatic carbocycles. The fourth-order valence-corrected chi connectivity index (χ4v) is 2.90. The van der Waals surface area contributed by atoms with Gasteiger partial charge in [-0.25, -0.2) is 15.0 Å². The molecule has 0 amide bonds. The van der Waals surface area contributed by atoms with Gasteiger partial charge in [-0.3, -0.25) is 4.98 Å². The van der Waals surface area contributed by atoms with Gasteiger partial charge in [-0.1, -0.05) is 6.92 Å². The average molecular weight is 298 g/mol. The molecule has 3 heterocycles. The molecule has 0 aliphatic carbocycles. The lowest BCUT2D eigenvalue weighted by Crippen LogP contribution is -2.40. The van der Waals surface area contributed by atoms with Gasteiger partial charge in [0, 0.05) is 42.8 Å². The number of nitrogens with zero attached hydrogens (tertiary/aromatic N) is 5. The molecule has 0 saturated carbocycles. The zero-order valence-electron chi connectivity index (χ0n) is 13.2. The Labute approximate surface area is 130 Å². The molecule has 1 fully saturated rings. The summed E-state index contributed by atoms with van der Waals surface area (Å²) in [6.45, 7) is 6.08. The maximum Gasteiger partial charge on any atom is 0.182 e. The molecule has 3 rings (SSSR count). The third-order valence-corrected chi connectivity index (χ3v) is 4.18. The van der Waals surface area contributed by atoms with Gasteiger partial charge < -0.3 is 10.6 Å². The summed E-state index contributed by atoms with van der Waals surface area (Å²) < 4.78 is 0. The molecule has 2 aromatic heterocycles. The lowest BCUT2D eigenvalue weighted by atomic mass is 10.0. The van der Waals surface area contributed by atoms with E-state index in [9.17, 15) is 0 Å². The van der Waals surface area contributed by atoms with Crippen LogP contribution in [0.5, 0.6) is 0 Å². The topological polar surface area (TPSA) is 80.8 Å². The van der Waals surface area contributed by atoms with Gasteiger partial charge in [0.05, 0.1) is 6.20 Å². The third-order valence-electron chi connectivity index (χ3n) is 4.18. The number of hydrogen-bond acceptors (Lipinski definition) is 6. The summed E-state index contributed by atoms with van der Waals surface area (Å²) in [5.74, 6) is 1.68. The highest BCUT2D eigenvalue weighted by Gasteiger charge is 2.22. The van der Waals surface area contributed by atoms with Gasteiger partial charge in [0.1, 0.15) is 11.5 Å². The summed E-state index contributed by atoms with van der Waals surface area (Å²) in [6, 6.07) is 0.309. The molecule has 0 atom stereocenters. The van der Waals surface area contributed by atoms with Crippen molar-refractivity contribution in [1.82, 2.24) is 19.9 Å². The van der Waals surface area contributed by atoms with Crippen LogP contribution in [0.25, 0.3) is 11.5 Å². The number of nitrogens with two attached hydrogens (primary N) is 1. The highest BCUT2D eigenvalue weighted by Crippen LogP contribution is 2.26. The molecule has 1 aliphatic rings. The highest BCUT2D eigenvalue weighted by molar-refractivity contribution is 5.57. The van der Waals surface area contributed by atoms with Crippen LogP contribution in [0.15, 0.2) is 18.6 Å². The lowest BCUT2D eigenvalue weighted by molar-refractivity contribution is 0.497. The van der Waals surface area contributed by atoms with Crippen molar-refractivity contribution >= 4 is 5.82 Å². The van der Waals surface area contributed by atoms with Gasteiger partial charge >= 0.3 is 0 Å². The first-order chi connectivity index (χ1) is 10.7. The zero-order chi connectivity index (χ0) is 15.5. The second-order valence-corrected chi connectivity index (χ2v) is 5.70. The summed E-state index contributed by atoms with van der Waals surface area (Å²) in [6.07, 6.45) is 7.96. The maximum absolute atomic E-state index is 6.02. The van der Waals surface area contributed by atoms with Gasteiger partial charge in [0.25, 0.3) is 0 Å². The predicted octanol–water partition coefficient (Wildman–Crippen LogP) is 1.73. The van der Waals surface area contributed by atoms with E-state index in [1.54, 1.807) is 18.6 Å². The highest BCUT2D eigenvalue weighted by atomic mass is 15.2. The molecule has 2 aromatic rings. The predicted molar refractivity (Wildman–Crippen MR) is 86.6 cm³/mol. The minimum Gasteiger partial charge on any atom is -0.356 e. The van der Waals surface area contributed by atoms with E-state index in [2.05, 4.69) is 26.8 Å². The number of rotatable bonds is 3. The summed E-state index contributed by atoms with van der Waals surface area (Å²) >= 11 is 0. The van der Waals surface area contributed by atoms with E-state index in [1.807, 2.05) is 6.92 Å². The summed E-state index contributed by atoms with van der Waals surface area (Å²) in [4.78, 5) is 20.2. The zero-order valence-corrected chi connectivity index (χ0v) is 13.2. The summed E-state index contributed by atoms with van der Waals surface area (Å²) in [5.41, 5.74) is 8.96. The van der Waals surface area contributed by atoms with Gasteiger partial charge in [0.2, 0.25) is 0 Å². The minimum atomic E-state index is 0.309. The Morgan fingerprint density at radius 2 is 2.00 bits per heavy atom. The van der Waals surface area contributed by atoms with E-state index in [0.29, 0.717) is 17.6 Å². The first kappa shape index (κ1) is 14.8.